The SMILES string of the molecule is CCOC(=O)C1=C(C)Nc2nc(OC)nn2C1c1ccc(C#N)cc1. The van der Waals surface area contributed by atoms with Crippen LogP contribution in [0.5, 0.6) is 6.01 Å². The van der Waals surface area contributed by atoms with Crippen molar-refractivity contribution in [1.29, 1.82) is 5.26 Å². The van der Waals surface area contributed by atoms with Gasteiger partial charge in [-0.3, -0.25) is 0 Å². The van der Waals surface area contributed by atoms with E-state index in [4.69, 9.17) is 14.7 Å². The summed E-state index contributed by atoms with van der Waals surface area (Å²) in [7, 11) is 1.48. The van der Waals surface area contributed by atoms with Gasteiger partial charge >= 0.3 is 12.0 Å². The maximum atomic E-state index is 12.5. The summed E-state index contributed by atoms with van der Waals surface area (Å²) >= 11 is 0. The molecule has 2 heterocycles. The van der Waals surface area contributed by atoms with Crippen LogP contribution >= 0.6 is 0 Å². The number of anilines is 1. The maximum absolute atomic E-state index is 12.5. The number of rotatable bonds is 4. The van der Waals surface area contributed by atoms with E-state index >= 15 is 0 Å². The highest BCUT2D eigenvalue weighted by atomic mass is 16.5. The summed E-state index contributed by atoms with van der Waals surface area (Å²) in [4.78, 5) is 16.8. The number of hydrogen-bond donors (Lipinski definition) is 1. The monoisotopic (exact) mass is 339 g/mol. The first-order valence-electron chi connectivity index (χ1n) is 7.74. The number of ether oxygens (including phenoxy) is 2. The molecule has 0 radical (unpaired) electrons. The van der Waals surface area contributed by atoms with Gasteiger partial charge in [-0.15, -0.1) is 5.10 Å². The van der Waals surface area contributed by atoms with Crippen LogP contribution in [0, 0.1) is 11.3 Å². The summed E-state index contributed by atoms with van der Waals surface area (Å²) in [5.74, 6) is 0.0405. The first kappa shape index (κ1) is 16.5. The Bertz CT molecular complexity index is 877. The molecule has 0 amide bonds. The summed E-state index contributed by atoms with van der Waals surface area (Å²) in [6.07, 6.45) is 0. The highest BCUT2D eigenvalue weighted by molar-refractivity contribution is 5.92. The lowest BCUT2D eigenvalue weighted by molar-refractivity contribution is -0.139. The summed E-state index contributed by atoms with van der Waals surface area (Å²) in [5, 5.41) is 16.4. The van der Waals surface area contributed by atoms with Gasteiger partial charge in [0.15, 0.2) is 0 Å². The van der Waals surface area contributed by atoms with Crippen LogP contribution in [0.1, 0.15) is 31.0 Å². The number of methoxy groups -OCH3 is 1. The Morgan fingerprint density at radius 1 is 1.40 bits per heavy atom. The standard InChI is InChI=1S/C17H17N5O3/c1-4-25-15(23)13-10(2)19-16-20-17(24-3)21-22(16)14(13)12-7-5-11(9-18)6-8-12/h5-8,14H,4H2,1-3H3,(H,19,20,21). The Morgan fingerprint density at radius 3 is 2.72 bits per heavy atom. The highest BCUT2D eigenvalue weighted by Crippen LogP contribution is 2.36. The molecule has 0 saturated heterocycles. The van der Waals surface area contributed by atoms with Crippen molar-refractivity contribution in [2.75, 3.05) is 19.0 Å². The third-order valence-corrected chi connectivity index (χ3v) is 3.87. The van der Waals surface area contributed by atoms with E-state index < -0.39 is 12.0 Å². The molecule has 1 aromatic heterocycles. The van der Waals surface area contributed by atoms with Gasteiger partial charge in [-0.05, 0) is 31.5 Å². The van der Waals surface area contributed by atoms with Crippen molar-refractivity contribution < 1.29 is 14.3 Å². The zero-order valence-corrected chi connectivity index (χ0v) is 14.1. The molecule has 2 aromatic rings. The topological polar surface area (TPSA) is 102 Å². The van der Waals surface area contributed by atoms with Gasteiger partial charge in [-0.25, -0.2) is 9.48 Å². The Morgan fingerprint density at radius 2 is 2.12 bits per heavy atom. The minimum Gasteiger partial charge on any atom is -0.466 e. The van der Waals surface area contributed by atoms with Crippen LogP contribution in [0.3, 0.4) is 0 Å². The molecule has 1 N–H and O–H groups in total. The molecule has 25 heavy (non-hydrogen) atoms. The number of esters is 1. The summed E-state index contributed by atoms with van der Waals surface area (Å²) in [5.41, 5.74) is 2.39. The first-order valence-corrected chi connectivity index (χ1v) is 7.74. The van der Waals surface area contributed by atoms with Gasteiger partial charge in [0.1, 0.15) is 6.04 Å². The van der Waals surface area contributed by atoms with Gasteiger partial charge < -0.3 is 14.8 Å². The summed E-state index contributed by atoms with van der Waals surface area (Å²) in [6, 6.07) is 8.72. The van der Waals surface area contributed by atoms with E-state index in [-0.39, 0.29) is 12.6 Å². The zero-order chi connectivity index (χ0) is 18.0. The van der Waals surface area contributed by atoms with E-state index in [0.29, 0.717) is 22.8 Å². The fourth-order valence-corrected chi connectivity index (χ4v) is 2.74. The van der Waals surface area contributed by atoms with Crippen molar-refractivity contribution >= 4 is 11.9 Å². The van der Waals surface area contributed by atoms with E-state index in [1.165, 1.54) is 7.11 Å². The van der Waals surface area contributed by atoms with E-state index in [1.54, 1.807) is 42.8 Å². The number of nitrogens with zero attached hydrogens (tertiary/aromatic N) is 4. The molecule has 8 nitrogen and oxygen atoms in total. The van der Waals surface area contributed by atoms with Crippen molar-refractivity contribution in [2.24, 2.45) is 0 Å². The number of aromatic nitrogens is 3. The van der Waals surface area contributed by atoms with Gasteiger partial charge in [-0.2, -0.15) is 10.2 Å². The lowest BCUT2D eigenvalue weighted by Gasteiger charge is -2.27. The first-order chi connectivity index (χ1) is 12.1. The lowest BCUT2D eigenvalue weighted by Crippen LogP contribution is -2.29. The molecule has 1 aliphatic heterocycles. The fraction of sp³-hybridized carbons (Fsp3) is 0.294. The van der Waals surface area contributed by atoms with Crippen LogP contribution in [0.2, 0.25) is 0 Å². The molecule has 3 rings (SSSR count). The number of nitriles is 1. The normalized spacial score (nSPS) is 15.8. The van der Waals surface area contributed by atoms with Gasteiger partial charge in [0, 0.05) is 5.70 Å². The molecule has 1 atom stereocenters. The van der Waals surface area contributed by atoms with Crippen molar-refractivity contribution in [3.05, 3.63) is 46.7 Å². The molecular formula is C17H17N5O3. The molecule has 1 aromatic carbocycles. The van der Waals surface area contributed by atoms with Crippen LogP contribution < -0.4 is 10.1 Å². The number of fused-ring (bicyclic) bond motifs is 1. The maximum Gasteiger partial charge on any atom is 0.338 e. The van der Waals surface area contributed by atoms with E-state index in [0.717, 1.165) is 5.56 Å². The van der Waals surface area contributed by atoms with Crippen LogP contribution in [0.15, 0.2) is 35.5 Å². The Labute approximate surface area is 144 Å². The zero-order valence-electron chi connectivity index (χ0n) is 14.1. The molecule has 0 fully saturated rings. The molecule has 128 valence electrons. The average Bonchev–Trinajstić information content (AvgIpc) is 3.03. The largest absolute Gasteiger partial charge is 0.466 e. The number of hydrogen-bond acceptors (Lipinski definition) is 7. The number of carbonyl (C=O) groups is 1. The predicted octanol–water partition coefficient (Wildman–Crippen LogP) is 2.01. The van der Waals surface area contributed by atoms with E-state index in [2.05, 4.69) is 21.5 Å². The Hall–Kier alpha value is -3.34. The van der Waals surface area contributed by atoms with Crippen LogP contribution in [0.4, 0.5) is 5.95 Å². The Kier molecular flexibility index (Phi) is 4.39. The van der Waals surface area contributed by atoms with Gasteiger partial charge in [-0.1, -0.05) is 12.1 Å². The second-order valence-corrected chi connectivity index (χ2v) is 5.39. The summed E-state index contributed by atoms with van der Waals surface area (Å²) in [6.45, 7) is 3.81. The van der Waals surface area contributed by atoms with Crippen molar-refractivity contribution in [2.45, 2.75) is 19.9 Å². The van der Waals surface area contributed by atoms with E-state index in [9.17, 15) is 4.79 Å². The second kappa shape index (κ2) is 6.65. The molecular weight excluding hydrogens is 322 g/mol. The fourth-order valence-electron chi connectivity index (χ4n) is 2.74. The molecule has 0 spiro atoms. The second-order valence-electron chi connectivity index (χ2n) is 5.39. The van der Waals surface area contributed by atoms with Crippen LogP contribution in [-0.2, 0) is 9.53 Å². The van der Waals surface area contributed by atoms with Crippen molar-refractivity contribution in [1.82, 2.24) is 14.8 Å². The number of benzene rings is 1. The number of carbonyl (C=O) groups excluding carboxylic acids is 1. The van der Waals surface area contributed by atoms with Crippen LogP contribution in [0.25, 0.3) is 0 Å². The van der Waals surface area contributed by atoms with Crippen molar-refractivity contribution in [3.8, 4) is 12.1 Å². The minimum atomic E-state index is -0.528. The molecule has 0 aliphatic carbocycles. The lowest BCUT2D eigenvalue weighted by atomic mass is 9.95. The van der Waals surface area contributed by atoms with Gasteiger partial charge in [0.05, 0.1) is 30.9 Å². The number of allylic oxidation sites excluding steroid dienone is 1. The van der Waals surface area contributed by atoms with Gasteiger partial charge in [0.2, 0.25) is 5.95 Å². The molecule has 0 bridgehead atoms. The quantitative estimate of drug-likeness (QED) is 0.850. The average molecular weight is 339 g/mol. The third-order valence-electron chi connectivity index (χ3n) is 3.87. The Balaban J connectivity index is 2.15. The predicted molar refractivity (Wildman–Crippen MR) is 88.8 cm³/mol. The molecule has 8 heteroatoms. The third kappa shape index (κ3) is 2.92. The highest BCUT2D eigenvalue weighted by Gasteiger charge is 2.35. The molecule has 0 saturated carbocycles. The minimum absolute atomic E-state index is 0.194. The van der Waals surface area contributed by atoms with Crippen molar-refractivity contribution in [3.63, 3.8) is 0 Å². The smallest absolute Gasteiger partial charge is 0.338 e. The van der Waals surface area contributed by atoms with Crippen LogP contribution in [-0.4, -0.2) is 34.5 Å². The molecule has 1 aliphatic rings. The van der Waals surface area contributed by atoms with E-state index in [1.807, 2.05) is 0 Å². The van der Waals surface area contributed by atoms with Gasteiger partial charge in [0.25, 0.3) is 0 Å². The number of nitrogens with one attached hydrogen (secondary N) is 1. The summed E-state index contributed by atoms with van der Waals surface area (Å²) < 4.78 is 11.9. The molecule has 1 unspecified atom stereocenters.